The van der Waals surface area contributed by atoms with Crippen molar-refractivity contribution in [3.63, 3.8) is 0 Å². The minimum Gasteiger partial charge on any atom is -0.427 e. The fourth-order valence-corrected chi connectivity index (χ4v) is 2.88. The van der Waals surface area contributed by atoms with Gasteiger partial charge in [-0.15, -0.1) is 10.2 Å². The van der Waals surface area contributed by atoms with Crippen LogP contribution in [0.5, 0.6) is 0 Å². The van der Waals surface area contributed by atoms with Crippen LogP contribution in [0.3, 0.4) is 0 Å². The van der Waals surface area contributed by atoms with E-state index in [1.54, 1.807) is 51.1 Å². The largest absolute Gasteiger partial charge is 0.427 e. The number of carbonyl (C=O) groups is 2. The molecule has 0 spiro atoms. The van der Waals surface area contributed by atoms with Gasteiger partial charge >= 0.3 is 5.97 Å². The second-order valence-electron chi connectivity index (χ2n) is 7.79. The Morgan fingerprint density at radius 2 is 1.93 bits per heavy atom. The number of amides is 1. The van der Waals surface area contributed by atoms with Gasteiger partial charge in [0.05, 0.1) is 5.41 Å². The highest BCUT2D eigenvalue weighted by Gasteiger charge is 2.41. The van der Waals surface area contributed by atoms with Crippen LogP contribution in [-0.2, 0) is 20.1 Å². The second-order valence-corrected chi connectivity index (χ2v) is 9.02. The van der Waals surface area contributed by atoms with E-state index >= 15 is 0 Å². The Morgan fingerprint density at radius 3 is 2.50 bits per heavy atom. The zero-order valence-corrected chi connectivity index (χ0v) is 18.8. The van der Waals surface area contributed by atoms with Gasteiger partial charge in [0.15, 0.2) is 5.82 Å². The number of nitrogens with zero attached hydrogens (tertiary/aromatic N) is 2. The van der Waals surface area contributed by atoms with Crippen LogP contribution in [0.25, 0.3) is 0 Å². The van der Waals surface area contributed by atoms with Gasteiger partial charge in [-0.3, -0.25) is 9.59 Å². The first-order chi connectivity index (χ1) is 13.1. The van der Waals surface area contributed by atoms with Gasteiger partial charge in [-0.1, -0.05) is 46.6 Å². The molecular formula is C20H25BrClN3O3. The van der Waals surface area contributed by atoms with Crippen molar-refractivity contribution in [1.29, 1.82) is 0 Å². The van der Waals surface area contributed by atoms with E-state index in [1.165, 1.54) is 0 Å². The van der Waals surface area contributed by atoms with E-state index in [0.29, 0.717) is 10.6 Å². The zero-order chi connectivity index (χ0) is 20.9. The molecular weight excluding hydrogens is 446 g/mol. The molecule has 1 aliphatic rings. The molecule has 1 N–H and O–H groups in total. The average Bonchev–Trinajstić information content (AvgIpc) is 3.02. The standard InChI is InChI=1S/C20H25BrClN3O3/c1-13(6-5-11-21)17(26)23-16-12-20(25-24-16,28-18(27)19(2,3)4)14-7-9-15(22)10-8-14/h7-10,12-13H,5-6,11H2,1-4H3,(H,23,26). The number of hydrogen-bond donors (Lipinski definition) is 1. The van der Waals surface area contributed by atoms with E-state index in [2.05, 4.69) is 31.5 Å². The Hall–Kier alpha value is -1.73. The summed E-state index contributed by atoms with van der Waals surface area (Å²) in [5.41, 5.74) is -1.56. The molecule has 2 atom stereocenters. The van der Waals surface area contributed by atoms with Crippen LogP contribution in [0.1, 0.15) is 46.1 Å². The van der Waals surface area contributed by atoms with Crippen molar-refractivity contribution in [2.24, 2.45) is 21.6 Å². The molecule has 2 rings (SSSR count). The summed E-state index contributed by atoms with van der Waals surface area (Å²) >= 11 is 9.34. The maximum Gasteiger partial charge on any atom is 0.313 e. The summed E-state index contributed by atoms with van der Waals surface area (Å²) in [6, 6.07) is 6.81. The molecule has 0 saturated heterocycles. The minimum atomic E-state index is -1.43. The molecule has 2 unspecified atom stereocenters. The van der Waals surface area contributed by atoms with E-state index in [9.17, 15) is 9.59 Å². The van der Waals surface area contributed by atoms with E-state index in [0.717, 1.165) is 18.2 Å². The number of alkyl halides is 1. The molecule has 0 bridgehead atoms. The van der Waals surface area contributed by atoms with Crippen LogP contribution >= 0.6 is 27.5 Å². The van der Waals surface area contributed by atoms with Gasteiger partial charge < -0.3 is 10.1 Å². The maximum absolute atomic E-state index is 12.6. The number of azo groups is 1. The number of ether oxygens (including phenoxy) is 1. The Labute approximate surface area is 178 Å². The van der Waals surface area contributed by atoms with Gasteiger partial charge in [-0.25, -0.2) is 0 Å². The third kappa shape index (κ3) is 5.64. The Kier molecular flexibility index (Phi) is 7.39. The Morgan fingerprint density at radius 1 is 1.29 bits per heavy atom. The van der Waals surface area contributed by atoms with Crippen molar-refractivity contribution in [2.75, 3.05) is 5.33 Å². The molecule has 152 valence electrons. The van der Waals surface area contributed by atoms with Gasteiger partial charge in [-0.05, 0) is 45.7 Å². The van der Waals surface area contributed by atoms with E-state index in [4.69, 9.17) is 16.3 Å². The van der Waals surface area contributed by atoms with Crippen LogP contribution < -0.4 is 5.32 Å². The van der Waals surface area contributed by atoms with Gasteiger partial charge in [-0.2, -0.15) is 0 Å². The van der Waals surface area contributed by atoms with Crippen molar-refractivity contribution in [1.82, 2.24) is 5.32 Å². The minimum absolute atomic E-state index is 0.153. The number of nitrogens with one attached hydrogen (secondary N) is 1. The molecule has 0 radical (unpaired) electrons. The average molecular weight is 471 g/mol. The highest BCUT2D eigenvalue weighted by molar-refractivity contribution is 9.09. The number of hydrogen-bond acceptors (Lipinski definition) is 5. The highest BCUT2D eigenvalue weighted by Crippen LogP contribution is 2.37. The Bertz CT molecular complexity index is 787. The summed E-state index contributed by atoms with van der Waals surface area (Å²) in [5, 5.41) is 12.4. The van der Waals surface area contributed by atoms with Gasteiger partial charge in [0.1, 0.15) is 0 Å². The third-order valence-electron chi connectivity index (χ3n) is 4.23. The fraction of sp³-hybridized carbons (Fsp3) is 0.500. The number of carbonyl (C=O) groups excluding carboxylic acids is 2. The summed E-state index contributed by atoms with van der Waals surface area (Å²) < 4.78 is 5.75. The van der Waals surface area contributed by atoms with Gasteiger partial charge in [0.2, 0.25) is 5.91 Å². The predicted octanol–water partition coefficient (Wildman–Crippen LogP) is 5.32. The smallest absolute Gasteiger partial charge is 0.313 e. The van der Waals surface area contributed by atoms with Crippen LogP contribution in [-0.4, -0.2) is 17.2 Å². The summed E-state index contributed by atoms with van der Waals surface area (Å²) in [6.07, 6.45) is 3.20. The van der Waals surface area contributed by atoms with E-state index in [1.807, 2.05) is 6.92 Å². The van der Waals surface area contributed by atoms with Crippen LogP contribution in [0.15, 0.2) is 46.4 Å². The maximum atomic E-state index is 12.6. The summed E-state index contributed by atoms with van der Waals surface area (Å²) in [7, 11) is 0. The molecule has 0 aromatic heterocycles. The van der Waals surface area contributed by atoms with Crippen LogP contribution in [0.2, 0.25) is 5.02 Å². The first-order valence-electron chi connectivity index (χ1n) is 9.09. The molecule has 1 amide bonds. The topological polar surface area (TPSA) is 80.1 Å². The number of halogens is 2. The SMILES string of the molecule is CC(CCCBr)C(=O)NC1=CC(OC(=O)C(C)(C)C)(c2ccc(Cl)cc2)N=N1. The molecule has 1 aliphatic heterocycles. The first-order valence-corrected chi connectivity index (χ1v) is 10.6. The molecule has 8 heteroatoms. The van der Waals surface area contributed by atoms with Crippen molar-refractivity contribution in [3.8, 4) is 0 Å². The van der Waals surface area contributed by atoms with Crippen molar-refractivity contribution < 1.29 is 14.3 Å². The van der Waals surface area contributed by atoms with Crippen molar-refractivity contribution in [2.45, 2.75) is 46.3 Å². The predicted molar refractivity (Wildman–Crippen MR) is 112 cm³/mol. The van der Waals surface area contributed by atoms with Crippen molar-refractivity contribution >= 4 is 39.4 Å². The van der Waals surface area contributed by atoms with Crippen LogP contribution in [0.4, 0.5) is 0 Å². The number of esters is 1. The monoisotopic (exact) mass is 469 g/mol. The van der Waals surface area contributed by atoms with Gasteiger partial charge in [0.25, 0.3) is 5.72 Å². The normalized spacial score (nSPS) is 19.9. The van der Waals surface area contributed by atoms with E-state index < -0.39 is 17.1 Å². The van der Waals surface area contributed by atoms with Crippen LogP contribution in [0, 0.1) is 11.3 Å². The van der Waals surface area contributed by atoms with Crippen molar-refractivity contribution in [3.05, 3.63) is 46.7 Å². The van der Waals surface area contributed by atoms with E-state index in [-0.39, 0.29) is 17.6 Å². The lowest BCUT2D eigenvalue weighted by Gasteiger charge is -2.27. The fourth-order valence-electron chi connectivity index (χ4n) is 2.43. The molecule has 0 fully saturated rings. The molecule has 6 nitrogen and oxygen atoms in total. The third-order valence-corrected chi connectivity index (χ3v) is 5.04. The first kappa shape index (κ1) is 22.6. The zero-order valence-electron chi connectivity index (χ0n) is 16.5. The quantitative estimate of drug-likeness (QED) is 0.433. The molecule has 0 saturated carbocycles. The Balaban J connectivity index is 2.29. The lowest BCUT2D eigenvalue weighted by atomic mass is 9.96. The lowest BCUT2D eigenvalue weighted by molar-refractivity contribution is -0.165. The lowest BCUT2D eigenvalue weighted by Crippen LogP contribution is -2.34. The summed E-state index contributed by atoms with van der Waals surface area (Å²) in [5.74, 6) is -0.500. The second kappa shape index (κ2) is 9.18. The number of benzene rings is 1. The molecule has 28 heavy (non-hydrogen) atoms. The summed E-state index contributed by atoms with van der Waals surface area (Å²) in [4.78, 5) is 24.9. The molecule has 1 aromatic rings. The molecule has 0 aliphatic carbocycles. The molecule has 1 aromatic carbocycles. The summed E-state index contributed by atoms with van der Waals surface area (Å²) in [6.45, 7) is 7.13. The van der Waals surface area contributed by atoms with Gasteiger partial charge in [0, 0.05) is 27.9 Å². The molecule has 1 heterocycles. The number of rotatable bonds is 7. The highest BCUT2D eigenvalue weighted by atomic mass is 79.9.